The third kappa shape index (κ3) is 8.30. The van der Waals surface area contributed by atoms with Crippen molar-refractivity contribution in [2.45, 2.75) is 104 Å². The molecule has 1 fully saturated rings. The van der Waals surface area contributed by atoms with Gasteiger partial charge in [0, 0.05) is 38.2 Å². The lowest BCUT2D eigenvalue weighted by molar-refractivity contribution is -0.0319. The number of carbonyl (C=O) groups is 2. The number of aromatic nitrogens is 1. The predicted molar refractivity (Wildman–Crippen MR) is 135 cm³/mol. The fourth-order valence-corrected chi connectivity index (χ4v) is 4.66. The zero-order valence-electron chi connectivity index (χ0n) is 22.5. The molecule has 0 spiro atoms. The van der Waals surface area contributed by atoms with Gasteiger partial charge in [-0.2, -0.15) is 0 Å². The molecule has 1 atom stereocenters. The van der Waals surface area contributed by atoms with Crippen LogP contribution in [0, 0.1) is 5.92 Å². The minimum atomic E-state index is -2.81. The normalized spacial score (nSPS) is 18.7. The van der Waals surface area contributed by atoms with Gasteiger partial charge in [0.05, 0.1) is 0 Å². The fourth-order valence-electron chi connectivity index (χ4n) is 4.66. The van der Waals surface area contributed by atoms with Gasteiger partial charge in [0.1, 0.15) is 17.0 Å². The number of likely N-dealkylation sites (tertiary alicyclic amines) is 1. The molecule has 1 aromatic rings. The molecule has 3 rings (SSSR count). The average Bonchev–Trinajstić information content (AvgIpc) is 3.18. The standard InChI is InChI=1S/C27H41F2N3O4/c1-25(2,3)35-23(33)31-16-13-19(18-31)17-27(28,29)14-7-10-21-12-11-20-9-8-15-32(22(20)30-21)24(34)36-26(4,5)6/h11-12,19H,7-10,13-18H2,1-6H3/t19-/m0/s1. The van der Waals surface area contributed by atoms with Gasteiger partial charge in [-0.05, 0) is 91.2 Å². The van der Waals surface area contributed by atoms with E-state index in [0.29, 0.717) is 44.0 Å². The van der Waals surface area contributed by atoms with E-state index in [9.17, 15) is 18.4 Å². The number of anilines is 1. The second kappa shape index (κ2) is 10.9. The molecule has 2 aliphatic heterocycles. The lowest BCUT2D eigenvalue weighted by Crippen LogP contribution is -2.40. The topological polar surface area (TPSA) is 72.0 Å². The smallest absolute Gasteiger partial charge is 0.416 e. The number of nitrogens with zero attached hydrogens (tertiary/aromatic N) is 3. The van der Waals surface area contributed by atoms with Crippen molar-refractivity contribution in [1.29, 1.82) is 0 Å². The van der Waals surface area contributed by atoms with Crippen LogP contribution < -0.4 is 4.90 Å². The van der Waals surface area contributed by atoms with Crippen molar-refractivity contribution >= 4 is 18.0 Å². The van der Waals surface area contributed by atoms with Gasteiger partial charge in [-0.15, -0.1) is 0 Å². The zero-order chi connectivity index (χ0) is 26.7. The summed E-state index contributed by atoms with van der Waals surface area (Å²) in [5.74, 6) is -2.48. The van der Waals surface area contributed by atoms with E-state index in [0.717, 1.165) is 18.4 Å². The molecule has 0 saturated carbocycles. The minimum absolute atomic E-state index is 0.239. The highest BCUT2D eigenvalue weighted by atomic mass is 19.3. The molecule has 1 aromatic heterocycles. The highest BCUT2D eigenvalue weighted by Crippen LogP contribution is 2.34. The zero-order valence-corrected chi connectivity index (χ0v) is 22.5. The number of pyridine rings is 1. The summed E-state index contributed by atoms with van der Waals surface area (Å²) in [5, 5.41) is 0. The number of rotatable bonds is 6. The van der Waals surface area contributed by atoms with Gasteiger partial charge >= 0.3 is 12.2 Å². The van der Waals surface area contributed by atoms with Crippen molar-refractivity contribution in [3.05, 3.63) is 23.4 Å². The van der Waals surface area contributed by atoms with Crippen LogP contribution in [0.2, 0.25) is 0 Å². The van der Waals surface area contributed by atoms with Crippen molar-refractivity contribution in [3.63, 3.8) is 0 Å². The first-order valence-corrected chi connectivity index (χ1v) is 13.0. The summed E-state index contributed by atoms with van der Waals surface area (Å²) in [7, 11) is 0. The van der Waals surface area contributed by atoms with Gasteiger partial charge < -0.3 is 14.4 Å². The minimum Gasteiger partial charge on any atom is -0.444 e. The first-order chi connectivity index (χ1) is 16.6. The molecule has 7 nitrogen and oxygen atoms in total. The molecule has 1 saturated heterocycles. The Hall–Kier alpha value is -2.45. The van der Waals surface area contributed by atoms with Crippen LogP contribution in [0.5, 0.6) is 0 Å². The van der Waals surface area contributed by atoms with Gasteiger partial charge in [-0.3, -0.25) is 4.90 Å². The van der Waals surface area contributed by atoms with Crippen molar-refractivity contribution < 1.29 is 27.8 Å². The predicted octanol–water partition coefficient (Wildman–Crippen LogP) is 6.37. The summed E-state index contributed by atoms with van der Waals surface area (Å²) in [6.45, 7) is 12.1. The highest BCUT2D eigenvalue weighted by molar-refractivity contribution is 5.88. The largest absolute Gasteiger partial charge is 0.444 e. The first kappa shape index (κ1) is 28.1. The van der Waals surface area contributed by atoms with E-state index < -0.39 is 29.3 Å². The number of aryl methyl sites for hydroxylation is 2. The SMILES string of the molecule is CC(C)(C)OC(=O)N1CC[C@@H](CC(F)(F)CCCc2ccc3c(n2)N(C(=O)OC(C)(C)C)CCC3)C1. The van der Waals surface area contributed by atoms with Crippen LogP contribution in [-0.4, -0.2) is 58.8 Å². The van der Waals surface area contributed by atoms with E-state index in [-0.39, 0.29) is 25.2 Å². The molecular weight excluding hydrogens is 468 g/mol. The highest BCUT2D eigenvalue weighted by Gasteiger charge is 2.37. The lowest BCUT2D eigenvalue weighted by Gasteiger charge is -2.31. The van der Waals surface area contributed by atoms with Crippen LogP contribution in [-0.2, 0) is 22.3 Å². The van der Waals surface area contributed by atoms with E-state index in [2.05, 4.69) is 4.98 Å². The summed E-state index contributed by atoms with van der Waals surface area (Å²) in [4.78, 5) is 32.6. The molecule has 0 aromatic carbocycles. The lowest BCUT2D eigenvalue weighted by atomic mass is 9.96. The summed E-state index contributed by atoms with van der Waals surface area (Å²) >= 11 is 0. The third-order valence-corrected chi connectivity index (χ3v) is 6.21. The molecule has 0 N–H and O–H groups in total. The van der Waals surface area contributed by atoms with Gasteiger partial charge in [0.15, 0.2) is 0 Å². The van der Waals surface area contributed by atoms with E-state index in [4.69, 9.17) is 9.47 Å². The molecule has 0 unspecified atom stereocenters. The second-order valence-corrected chi connectivity index (χ2v) is 12.0. The van der Waals surface area contributed by atoms with E-state index >= 15 is 0 Å². The maximum absolute atomic E-state index is 14.8. The Bertz CT molecular complexity index is 940. The summed E-state index contributed by atoms with van der Waals surface area (Å²) in [6, 6.07) is 3.81. The molecule has 202 valence electrons. The average molecular weight is 510 g/mol. The number of carbonyl (C=O) groups excluding carboxylic acids is 2. The first-order valence-electron chi connectivity index (χ1n) is 13.0. The number of amides is 2. The molecule has 0 bridgehead atoms. The van der Waals surface area contributed by atoms with E-state index in [1.165, 1.54) is 4.90 Å². The number of ether oxygens (including phenoxy) is 2. The Kier molecular flexibility index (Phi) is 8.51. The van der Waals surface area contributed by atoms with E-state index in [1.54, 1.807) is 25.7 Å². The molecule has 9 heteroatoms. The van der Waals surface area contributed by atoms with Crippen molar-refractivity contribution in [1.82, 2.24) is 9.88 Å². The summed E-state index contributed by atoms with van der Waals surface area (Å²) in [6.07, 6.45) is 1.53. The van der Waals surface area contributed by atoms with Crippen LogP contribution in [0.3, 0.4) is 0 Å². The van der Waals surface area contributed by atoms with Crippen molar-refractivity contribution in [2.24, 2.45) is 5.92 Å². The molecule has 2 amide bonds. The number of halogens is 2. The van der Waals surface area contributed by atoms with Gasteiger partial charge in [0.2, 0.25) is 5.92 Å². The van der Waals surface area contributed by atoms with Crippen LogP contribution in [0.4, 0.5) is 24.2 Å². The molecule has 0 radical (unpaired) electrons. The maximum Gasteiger partial charge on any atom is 0.416 e. The molecule has 0 aliphatic carbocycles. The molecule has 3 heterocycles. The molecule has 36 heavy (non-hydrogen) atoms. The van der Waals surface area contributed by atoms with Crippen LogP contribution in [0.15, 0.2) is 12.1 Å². The Morgan fingerprint density at radius 1 is 1.03 bits per heavy atom. The number of fused-ring (bicyclic) bond motifs is 1. The summed E-state index contributed by atoms with van der Waals surface area (Å²) in [5.41, 5.74) is 0.448. The molecular formula is C27H41F2N3O4. The van der Waals surface area contributed by atoms with Gasteiger partial charge in [-0.25, -0.2) is 23.4 Å². The van der Waals surface area contributed by atoms with Crippen LogP contribution in [0.1, 0.15) is 84.9 Å². The second-order valence-electron chi connectivity index (χ2n) is 12.0. The number of hydrogen-bond acceptors (Lipinski definition) is 5. The third-order valence-electron chi connectivity index (χ3n) is 6.21. The Morgan fingerprint density at radius 3 is 2.36 bits per heavy atom. The summed E-state index contributed by atoms with van der Waals surface area (Å²) < 4.78 is 40.4. The van der Waals surface area contributed by atoms with Crippen molar-refractivity contribution in [3.8, 4) is 0 Å². The van der Waals surface area contributed by atoms with Gasteiger partial charge in [0.25, 0.3) is 0 Å². The number of alkyl halides is 2. The van der Waals surface area contributed by atoms with Gasteiger partial charge in [-0.1, -0.05) is 6.07 Å². The monoisotopic (exact) mass is 509 g/mol. The Labute approximate surface area is 213 Å². The van der Waals surface area contributed by atoms with Crippen LogP contribution in [0.25, 0.3) is 0 Å². The Balaban J connectivity index is 1.52. The molecule has 2 aliphatic rings. The van der Waals surface area contributed by atoms with E-state index in [1.807, 2.05) is 32.9 Å². The van der Waals surface area contributed by atoms with Crippen LogP contribution >= 0.6 is 0 Å². The maximum atomic E-state index is 14.8. The van der Waals surface area contributed by atoms with Crippen molar-refractivity contribution in [2.75, 3.05) is 24.5 Å². The fraction of sp³-hybridized carbons (Fsp3) is 0.741. The number of hydrogen-bond donors (Lipinski definition) is 0. The Morgan fingerprint density at radius 2 is 1.69 bits per heavy atom. The quantitative estimate of drug-likeness (QED) is 0.445.